The zero-order valence-electron chi connectivity index (χ0n) is 7.42. The molecule has 0 radical (unpaired) electrons. The Kier molecular flexibility index (Phi) is 3.39. The molecule has 0 bridgehead atoms. The van der Waals surface area contributed by atoms with Gasteiger partial charge in [-0.1, -0.05) is 18.2 Å². The first-order valence-electron chi connectivity index (χ1n) is 4.13. The molecule has 1 rings (SSSR count). The van der Waals surface area contributed by atoms with Gasteiger partial charge in [0.2, 0.25) is 0 Å². The van der Waals surface area contributed by atoms with Crippen LogP contribution in [0.25, 0.3) is 0 Å². The van der Waals surface area contributed by atoms with Gasteiger partial charge in [-0.05, 0) is 31.0 Å². The third-order valence-corrected chi connectivity index (χ3v) is 1.58. The number of benzene rings is 1. The van der Waals surface area contributed by atoms with Crippen LogP contribution in [-0.2, 0) is 0 Å². The molecule has 12 heavy (non-hydrogen) atoms. The molecule has 0 aliphatic heterocycles. The van der Waals surface area contributed by atoms with Crippen molar-refractivity contribution >= 4 is 0 Å². The topological polar surface area (TPSA) is 9.23 Å². The predicted molar refractivity (Wildman–Crippen MR) is 51.5 cm³/mol. The average Bonchev–Trinajstić information content (AvgIpc) is 2.05. The molecule has 64 valence electrons. The van der Waals surface area contributed by atoms with Crippen molar-refractivity contribution in [1.29, 1.82) is 0 Å². The monoisotopic (exact) mass is 162 g/mol. The van der Waals surface area contributed by atoms with E-state index in [0.29, 0.717) is 6.61 Å². The molecule has 0 saturated heterocycles. The second-order valence-electron chi connectivity index (χ2n) is 2.74. The molecule has 0 heterocycles. The largest absolute Gasteiger partial charge is 0.493 e. The second-order valence-corrected chi connectivity index (χ2v) is 2.74. The molecule has 0 amide bonds. The number of hydrogen-bond acceptors (Lipinski definition) is 1. The summed E-state index contributed by atoms with van der Waals surface area (Å²) in [5.41, 5.74) is 1.23. The van der Waals surface area contributed by atoms with E-state index in [9.17, 15) is 0 Å². The Morgan fingerprint density at radius 2 is 2.33 bits per heavy atom. The Labute approximate surface area is 73.7 Å². The van der Waals surface area contributed by atoms with Crippen LogP contribution in [0.1, 0.15) is 12.0 Å². The van der Waals surface area contributed by atoms with E-state index < -0.39 is 0 Å². The smallest absolute Gasteiger partial charge is 0.119 e. The lowest BCUT2D eigenvalue weighted by Crippen LogP contribution is -1.95. The number of rotatable bonds is 4. The van der Waals surface area contributed by atoms with Gasteiger partial charge in [-0.3, -0.25) is 0 Å². The zero-order valence-corrected chi connectivity index (χ0v) is 7.42. The van der Waals surface area contributed by atoms with Gasteiger partial charge in [0.15, 0.2) is 0 Å². The Balaban J connectivity index is 2.46. The highest BCUT2D eigenvalue weighted by molar-refractivity contribution is 5.27. The lowest BCUT2D eigenvalue weighted by Gasteiger charge is -2.04. The van der Waals surface area contributed by atoms with E-state index in [0.717, 1.165) is 12.2 Å². The van der Waals surface area contributed by atoms with Crippen molar-refractivity contribution in [3.05, 3.63) is 42.5 Å². The molecule has 1 nitrogen and oxygen atoms in total. The first-order valence-corrected chi connectivity index (χ1v) is 4.13. The molecule has 0 fully saturated rings. The van der Waals surface area contributed by atoms with E-state index in [1.54, 1.807) is 0 Å². The van der Waals surface area contributed by atoms with Crippen molar-refractivity contribution in [1.82, 2.24) is 0 Å². The number of ether oxygens (including phenoxy) is 1. The fraction of sp³-hybridized carbons (Fsp3) is 0.273. The van der Waals surface area contributed by atoms with Crippen LogP contribution in [0.2, 0.25) is 0 Å². The molecule has 0 N–H and O–H groups in total. The third kappa shape index (κ3) is 2.79. The van der Waals surface area contributed by atoms with Gasteiger partial charge in [0.25, 0.3) is 0 Å². The number of hydrogen-bond donors (Lipinski definition) is 0. The molecule has 0 aromatic heterocycles. The molecule has 1 aromatic rings. The van der Waals surface area contributed by atoms with Gasteiger partial charge in [0, 0.05) is 0 Å². The SMILES string of the molecule is C=CCCOc1cccc(C)c1. The normalized spacial score (nSPS) is 9.42. The van der Waals surface area contributed by atoms with Crippen molar-refractivity contribution < 1.29 is 4.74 Å². The Morgan fingerprint density at radius 3 is 3.00 bits per heavy atom. The van der Waals surface area contributed by atoms with Gasteiger partial charge in [-0.15, -0.1) is 6.58 Å². The molecular weight excluding hydrogens is 148 g/mol. The van der Waals surface area contributed by atoms with E-state index in [-0.39, 0.29) is 0 Å². The molecular formula is C11H14O. The minimum absolute atomic E-state index is 0.715. The number of aryl methyl sites for hydroxylation is 1. The van der Waals surface area contributed by atoms with Crippen molar-refractivity contribution in [3.8, 4) is 5.75 Å². The second kappa shape index (κ2) is 4.60. The lowest BCUT2D eigenvalue weighted by molar-refractivity contribution is 0.325. The van der Waals surface area contributed by atoms with Gasteiger partial charge in [0.05, 0.1) is 6.61 Å². The van der Waals surface area contributed by atoms with Crippen molar-refractivity contribution in [2.24, 2.45) is 0 Å². The minimum Gasteiger partial charge on any atom is -0.493 e. The first kappa shape index (κ1) is 8.85. The lowest BCUT2D eigenvalue weighted by atomic mass is 10.2. The minimum atomic E-state index is 0.715. The van der Waals surface area contributed by atoms with E-state index in [2.05, 4.69) is 19.6 Å². The summed E-state index contributed by atoms with van der Waals surface area (Å²) in [4.78, 5) is 0. The highest BCUT2D eigenvalue weighted by Gasteiger charge is 1.91. The molecule has 0 atom stereocenters. The molecule has 1 aromatic carbocycles. The Bertz CT molecular complexity index is 253. The molecule has 0 aliphatic rings. The predicted octanol–water partition coefficient (Wildman–Crippen LogP) is 2.95. The van der Waals surface area contributed by atoms with Gasteiger partial charge < -0.3 is 4.74 Å². The molecule has 0 spiro atoms. The van der Waals surface area contributed by atoms with Gasteiger partial charge in [0.1, 0.15) is 5.75 Å². The zero-order chi connectivity index (χ0) is 8.81. The summed E-state index contributed by atoms with van der Waals surface area (Å²) in [6, 6.07) is 8.05. The maximum absolute atomic E-state index is 5.46. The molecule has 1 heteroatoms. The summed E-state index contributed by atoms with van der Waals surface area (Å²) in [5.74, 6) is 0.942. The molecule has 0 aliphatic carbocycles. The summed E-state index contributed by atoms with van der Waals surface area (Å²) in [5, 5.41) is 0. The first-order chi connectivity index (χ1) is 5.83. The van der Waals surface area contributed by atoms with Crippen molar-refractivity contribution in [2.75, 3.05) is 6.61 Å². The fourth-order valence-electron chi connectivity index (χ4n) is 0.965. The van der Waals surface area contributed by atoms with E-state index in [4.69, 9.17) is 4.74 Å². The van der Waals surface area contributed by atoms with Gasteiger partial charge in [-0.25, -0.2) is 0 Å². The van der Waals surface area contributed by atoms with Crippen LogP contribution >= 0.6 is 0 Å². The van der Waals surface area contributed by atoms with Gasteiger partial charge >= 0.3 is 0 Å². The van der Waals surface area contributed by atoms with Gasteiger partial charge in [-0.2, -0.15) is 0 Å². The quantitative estimate of drug-likeness (QED) is 0.488. The van der Waals surface area contributed by atoms with E-state index in [1.807, 2.05) is 24.3 Å². The van der Waals surface area contributed by atoms with Crippen LogP contribution in [0, 0.1) is 6.92 Å². The summed E-state index contributed by atoms with van der Waals surface area (Å²) in [6.45, 7) is 6.40. The molecule has 0 saturated carbocycles. The Hall–Kier alpha value is -1.24. The standard InChI is InChI=1S/C11H14O/c1-3-4-8-12-11-7-5-6-10(2)9-11/h3,5-7,9H,1,4,8H2,2H3. The van der Waals surface area contributed by atoms with Crippen LogP contribution in [0.15, 0.2) is 36.9 Å². The summed E-state index contributed by atoms with van der Waals surface area (Å²) in [6.07, 6.45) is 2.75. The Morgan fingerprint density at radius 1 is 1.50 bits per heavy atom. The van der Waals surface area contributed by atoms with Crippen LogP contribution < -0.4 is 4.74 Å². The van der Waals surface area contributed by atoms with E-state index in [1.165, 1.54) is 5.56 Å². The molecule has 0 unspecified atom stereocenters. The fourth-order valence-corrected chi connectivity index (χ4v) is 0.965. The third-order valence-electron chi connectivity index (χ3n) is 1.58. The van der Waals surface area contributed by atoms with Crippen LogP contribution in [0.5, 0.6) is 5.75 Å². The maximum atomic E-state index is 5.46. The van der Waals surface area contributed by atoms with Crippen molar-refractivity contribution in [3.63, 3.8) is 0 Å². The summed E-state index contributed by atoms with van der Waals surface area (Å²) >= 11 is 0. The van der Waals surface area contributed by atoms with E-state index >= 15 is 0 Å². The highest BCUT2D eigenvalue weighted by Crippen LogP contribution is 2.12. The van der Waals surface area contributed by atoms with Crippen molar-refractivity contribution in [2.45, 2.75) is 13.3 Å². The highest BCUT2D eigenvalue weighted by atomic mass is 16.5. The van der Waals surface area contributed by atoms with Crippen LogP contribution in [0.4, 0.5) is 0 Å². The summed E-state index contributed by atoms with van der Waals surface area (Å²) < 4.78 is 5.46. The van der Waals surface area contributed by atoms with Crippen LogP contribution in [0.3, 0.4) is 0 Å². The summed E-state index contributed by atoms with van der Waals surface area (Å²) in [7, 11) is 0. The average molecular weight is 162 g/mol. The van der Waals surface area contributed by atoms with Crippen LogP contribution in [-0.4, -0.2) is 6.61 Å². The maximum Gasteiger partial charge on any atom is 0.119 e.